The highest BCUT2D eigenvalue weighted by molar-refractivity contribution is 5.73. The van der Waals surface area contributed by atoms with Crippen LogP contribution in [0, 0.1) is 17.8 Å². The third-order valence-corrected chi connectivity index (χ3v) is 2.29. The van der Waals surface area contributed by atoms with E-state index >= 15 is 0 Å². The molecule has 1 amide bonds. The van der Waals surface area contributed by atoms with Crippen LogP contribution in [0.2, 0.25) is 0 Å². The fourth-order valence-electron chi connectivity index (χ4n) is 1.54. The van der Waals surface area contributed by atoms with Crippen molar-refractivity contribution in [1.82, 2.24) is 4.90 Å². The first kappa shape index (κ1) is 9.12. The molecule has 0 radical (unpaired) electrons. The van der Waals surface area contributed by atoms with Gasteiger partial charge in [-0.25, -0.2) is 0 Å². The minimum absolute atomic E-state index is 0.193. The van der Waals surface area contributed by atoms with Crippen LogP contribution in [-0.4, -0.2) is 23.9 Å². The van der Waals surface area contributed by atoms with Crippen molar-refractivity contribution in [2.75, 3.05) is 13.1 Å². The summed E-state index contributed by atoms with van der Waals surface area (Å²) in [6.07, 6.45) is 2.08. The van der Waals surface area contributed by atoms with E-state index in [1.165, 1.54) is 0 Å². The molecule has 12 heavy (non-hydrogen) atoms. The molecular weight excluding hydrogens is 150 g/mol. The number of piperidine rings is 1. The highest BCUT2D eigenvalue weighted by atomic mass is 16.2. The zero-order chi connectivity index (χ0) is 8.97. The van der Waals surface area contributed by atoms with E-state index in [2.05, 4.69) is 11.8 Å². The molecule has 1 aliphatic heterocycles. The summed E-state index contributed by atoms with van der Waals surface area (Å²) in [6, 6.07) is 0. The molecule has 1 fully saturated rings. The van der Waals surface area contributed by atoms with E-state index in [4.69, 9.17) is 0 Å². The van der Waals surface area contributed by atoms with Crippen LogP contribution in [-0.2, 0) is 4.79 Å². The fraction of sp³-hybridized carbons (Fsp3) is 0.700. The average Bonchev–Trinajstić information content (AvgIpc) is 2.06. The summed E-state index contributed by atoms with van der Waals surface area (Å²) < 4.78 is 0. The quantitative estimate of drug-likeness (QED) is 0.495. The predicted molar refractivity (Wildman–Crippen MR) is 48.4 cm³/mol. The molecule has 0 saturated carbocycles. The van der Waals surface area contributed by atoms with Crippen LogP contribution in [0.3, 0.4) is 0 Å². The van der Waals surface area contributed by atoms with Crippen LogP contribution in [0.4, 0.5) is 0 Å². The Morgan fingerprint density at radius 2 is 2.00 bits per heavy atom. The monoisotopic (exact) mass is 165 g/mol. The summed E-state index contributed by atoms with van der Waals surface area (Å²) in [6.45, 7) is 5.27. The molecule has 1 aliphatic rings. The van der Waals surface area contributed by atoms with Crippen LogP contribution in [0.5, 0.6) is 0 Å². The molecule has 1 rings (SSSR count). The van der Waals surface area contributed by atoms with Gasteiger partial charge in [0.2, 0.25) is 5.91 Å². The molecule has 2 heteroatoms. The van der Waals surface area contributed by atoms with Crippen LogP contribution < -0.4 is 0 Å². The van der Waals surface area contributed by atoms with Crippen LogP contribution in [0.15, 0.2) is 0 Å². The Kier molecular flexibility index (Phi) is 3.16. The van der Waals surface area contributed by atoms with Crippen molar-refractivity contribution in [2.24, 2.45) is 5.92 Å². The van der Waals surface area contributed by atoms with Gasteiger partial charge >= 0.3 is 0 Å². The summed E-state index contributed by atoms with van der Waals surface area (Å²) in [7, 11) is 0. The molecule has 0 aromatic carbocycles. The summed E-state index contributed by atoms with van der Waals surface area (Å²) >= 11 is 0. The molecule has 0 spiro atoms. The predicted octanol–water partition coefficient (Wildman–Crippen LogP) is 1.27. The maximum Gasteiger partial charge on any atom is 0.219 e. The van der Waals surface area contributed by atoms with Crippen LogP contribution in [0.1, 0.15) is 26.7 Å². The lowest BCUT2D eigenvalue weighted by molar-refractivity contribution is -0.129. The van der Waals surface area contributed by atoms with Gasteiger partial charge < -0.3 is 4.90 Å². The van der Waals surface area contributed by atoms with Gasteiger partial charge in [-0.1, -0.05) is 0 Å². The van der Waals surface area contributed by atoms with E-state index in [-0.39, 0.29) is 5.91 Å². The zero-order valence-corrected chi connectivity index (χ0v) is 7.76. The second-order valence-corrected chi connectivity index (χ2v) is 3.17. The van der Waals surface area contributed by atoms with Crippen molar-refractivity contribution >= 4 is 5.91 Å². The third kappa shape index (κ3) is 2.27. The average molecular weight is 165 g/mol. The number of carbonyl (C=O) groups excluding carboxylic acids is 1. The molecule has 2 nitrogen and oxygen atoms in total. The van der Waals surface area contributed by atoms with Crippen molar-refractivity contribution in [2.45, 2.75) is 26.7 Å². The van der Waals surface area contributed by atoms with Crippen molar-refractivity contribution in [1.29, 1.82) is 0 Å². The minimum Gasteiger partial charge on any atom is -0.343 e. The van der Waals surface area contributed by atoms with Gasteiger partial charge in [0, 0.05) is 25.9 Å². The van der Waals surface area contributed by atoms with E-state index in [1.54, 1.807) is 6.92 Å². The number of likely N-dealkylation sites (tertiary alicyclic amines) is 1. The van der Waals surface area contributed by atoms with Gasteiger partial charge in [-0.05, 0) is 19.8 Å². The van der Waals surface area contributed by atoms with E-state index in [1.807, 2.05) is 11.8 Å². The number of hydrogen-bond donors (Lipinski definition) is 0. The molecule has 1 saturated heterocycles. The summed E-state index contributed by atoms with van der Waals surface area (Å²) in [5.41, 5.74) is 0. The Hall–Kier alpha value is -0.970. The highest BCUT2D eigenvalue weighted by Crippen LogP contribution is 2.15. The molecule has 1 heterocycles. The molecular formula is C10H15NO. The molecule has 66 valence electrons. The van der Waals surface area contributed by atoms with E-state index < -0.39 is 0 Å². The topological polar surface area (TPSA) is 20.3 Å². The summed E-state index contributed by atoms with van der Waals surface area (Å²) in [5, 5.41) is 0. The molecule has 0 unspecified atom stereocenters. The molecule has 0 bridgehead atoms. The first-order chi connectivity index (χ1) is 5.74. The van der Waals surface area contributed by atoms with Crippen molar-refractivity contribution in [3.8, 4) is 11.8 Å². The molecule has 0 N–H and O–H groups in total. The van der Waals surface area contributed by atoms with Crippen LogP contribution >= 0.6 is 0 Å². The second-order valence-electron chi connectivity index (χ2n) is 3.17. The van der Waals surface area contributed by atoms with Gasteiger partial charge in [0.05, 0.1) is 0 Å². The standard InChI is InChI=1S/C10H15NO/c1-3-4-10-5-7-11(8-6-10)9(2)12/h10H,5-8H2,1-2H3. The van der Waals surface area contributed by atoms with Gasteiger partial charge in [0.25, 0.3) is 0 Å². The Morgan fingerprint density at radius 3 is 2.42 bits per heavy atom. The third-order valence-electron chi connectivity index (χ3n) is 2.29. The second kappa shape index (κ2) is 4.15. The highest BCUT2D eigenvalue weighted by Gasteiger charge is 2.18. The number of amides is 1. The lowest BCUT2D eigenvalue weighted by atomic mass is 9.97. The molecule has 0 aromatic heterocycles. The maximum absolute atomic E-state index is 11.0. The minimum atomic E-state index is 0.193. The van der Waals surface area contributed by atoms with Gasteiger partial charge in [-0.15, -0.1) is 11.8 Å². The van der Waals surface area contributed by atoms with Crippen molar-refractivity contribution in [3.63, 3.8) is 0 Å². The Labute approximate surface area is 73.9 Å². The first-order valence-corrected chi connectivity index (χ1v) is 4.42. The number of rotatable bonds is 0. The molecule has 0 atom stereocenters. The fourth-order valence-corrected chi connectivity index (χ4v) is 1.54. The lowest BCUT2D eigenvalue weighted by Gasteiger charge is -2.28. The SMILES string of the molecule is CC#CC1CCN(C(C)=O)CC1. The van der Waals surface area contributed by atoms with Crippen molar-refractivity contribution < 1.29 is 4.79 Å². The number of hydrogen-bond acceptors (Lipinski definition) is 1. The zero-order valence-electron chi connectivity index (χ0n) is 7.76. The van der Waals surface area contributed by atoms with Crippen molar-refractivity contribution in [3.05, 3.63) is 0 Å². The maximum atomic E-state index is 11.0. The Morgan fingerprint density at radius 1 is 1.42 bits per heavy atom. The lowest BCUT2D eigenvalue weighted by Crippen LogP contribution is -2.36. The smallest absolute Gasteiger partial charge is 0.219 e. The largest absolute Gasteiger partial charge is 0.343 e. The first-order valence-electron chi connectivity index (χ1n) is 4.42. The van der Waals surface area contributed by atoms with Gasteiger partial charge in [-0.2, -0.15) is 0 Å². The van der Waals surface area contributed by atoms with Gasteiger partial charge in [-0.3, -0.25) is 4.79 Å². The number of nitrogens with zero attached hydrogens (tertiary/aromatic N) is 1. The van der Waals surface area contributed by atoms with E-state index in [0.29, 0.717) is 5.92 Å². The molecule has 0 aromatic rings. The van der Waals surface area contributed by atoms with Gasteiger partial charge in [0.15, 0.2) is 0 Å². The Balaban J connectivity index is 2.37. The van der Waals surface area contributed by atoms with Gasteiger partial charge in [0.1, 0.15) is 0 Å². The molecule has 0 aliphatic carbocycles. The van der Waals surface area contributed by atoms with E-state index in [9.17, 15) is 4.79 Å². The van der Waals surface area contributed by atoms with E-state index in [0.717, 1.165) is 25.9 Å². The summed E-state index contributed by atoms with van der Waals surface area (Å²) in [5.74, 6) is 6.80. The normalized spacial score (nSPS) is 18.3. The number of carbonyl (C=O) groups is 1. The Bertz CT molecular complexity index is 216. The van der Waals surface area contributed by atoms with Crippen LogP contribution in [0.25, 0.3) is 0 Å². The summed E-state index contributed by atoms with van der Waals surface area (Å²) in [4.78, 5) is 12.8.